The summed E-state index contributed by atoms with van der Waals surface area (Å²) in [6, 6.07) is 19.2. The summed E-state index contributed by atoms with van der Waals surface area (Å²) in [5, 5.41) is 0. The Hall–Kier alpha value is -4.58. The first kappa shape index (κ1) is 19.4. The molecule has 4 aromatic heterocycles. The van der Waals surface area contributed by atoms with E-state index in [0.717, 1.165) is 45.6 Å². The van der Waals surface area contributed by atoms with Crippen molar-refractivity contribution in [2.45, 2.75) is 0 Å². The summed E-state index contributed by atoms with van der Waals surface area (Å²) in [4.78, 5) is 26.8. The first-order chi connectivity index (χ1) is 15.8. The van der Waals surface area contributed by atoms with E-state index in [0.29, 0.717) is 0 Å². The van der Waals surface area contributed by atoms with Crippen LogP contribution in [0.15, 0.2) is 120 Å². The topological polar surface area (TPSA) is 76.3 Å². The fraction of sp³-hybridized carbons (Fsp3) is 0. The standard InChI is InChI=1S/C26H18N6/c1-3-15-27-23(5-1)25-13-11-21(17-29-25)31-19-7-9-20(10-8-19)32-22-12-14-26(30-18-22)24-6-2-4-16-28-24/h1-18H. The molecule has 0 aromatic carbocycles. The molecule has 0 saturated carbocycles. The molecule has 0 aliphatic heterocycles. The Labute approximate surface area is 185 Å². The van der Waals surface area contributed by atoms with E-state index < -0.39 is 0 Å². The minimum Gasteiger partial charge on any atom is -0.255 e. The van der Waals surface area contributed by atoms with Gasteiger partial charge in [-0.25, -0.2) is 9.98 Å². The number of hydrogen-bond donors (Lipinski definition) is 0. The van der Waals surface area contributed by atoms with Crippen molar-refractivity contribution >= 4 is 22.8 Å². The van der Waals surface area contributed by atoms with Gasteiger partial charge in [0, 0.05) is 12.4 Å². The van der Waals surface area contributed by atoms with E-state index in [4.69, 9.17) is 0 Å². The number of hydrogen-bond acceptors (Lipinski definition) is 6. The molecule has 4 heterocycles. The lowest BCUT2D eigenvalue weighted by Gasteiger charge is -2.04. The van der Waals surface area contributed by atoms with Crippen molar-refractivity contribution in [3.8, 4) is 22.8 Å². The second kappa shape index (κ2) is 9.06. The van der Waals surface area contributed by atoms with Gasteiger partial charge in [0.15, 0.2) is 0 Å². The molecular weight excluding hydrogens is 396 g/mol. The minimum atomic E-state index is 0.781. The number of rotatable bonds is 4. The van der Waals surface area contributed by atoms with Gasteiger partial charge in [-0.05, 0) is 72.8 Å². The lowest BCUT2D eigenvalue weighted by Crippen LogP contribution is -1.99. The van der Waals surface area contributed by atoms with Crippen molar-refractivity contribution in [2.75, 3.05) is 0 Å². The highest BCUT2D eigenvalue weighted by atomic mass is 14.8. The average molecular weight is 414 g/mol. The molecule has 5 rings (SSSR count). The molecule has 0 radical (unpaired) electrons. The van der Waals surface area contributed by atoms with E-state index >= 15 is 0 Å². The van der Waals surface area contributed by atoms with Crippen molar-refractivity contribution in [2.24, 2.45) is 9.98 Å². The molecule has 0 bridgehead atoms. The highest BCUT2D eigenvalue weighted by Crippen LogP contribution is 2.20. The van der Waals surface area contributed by atoms with Crippen LogP contribution in [0.1, 0.15) is 0 Å². The summed E-state index contributed by atoms with van der Waals surface area (Å²) in [7, 11) is 0. The van der Waals surface area contributed by atoms with Crippen LogP contribution in [0, 0.1) is 0 Å². The van der Waals surface area contributed by atoms with Gasteiger partial charge < -0.3 is 0 Å². The Morgan fingerprint density at radius 3 is 1.22 bits per heavy atom. The van der Waals surface area contributed by atoms with E-state index in [-0.39, 0.29) is 0 Å². The van der Waals surface area contributed by atoms with E-state index in [9.17, 15) is 0 Å². The number of nitrogens with zero attached hydrogens (tertiary/aromatic N) is 6. The van der Waals surface area contributed by atoms with E-state index in [1.54, 1.807) is 24.8 Å². The maximum absolute atomic E-state index is 4.63. The zero-order valence-corrected chi connectivity index (χ0v) is 17.1. The predicted molar refractivity (Wildman–Crippen MR) is 127 cm³/mol. The summed E-state index contributed by atoms with van der Waals surface area (Å²) < 4.78 is 0. The molecule has 0 fully saturated rings. The lowest BCUT2D eigenvalue weighted by atomic mass is 10.1. The molecule has 1 aliphatic carbocycles. The Kier molecular flexibility index (Phi) is 5.49. The van der Waals surface area contributed by atoms with Gasteiger partial charge in [0.25, 0.3) is 0 Å². The smallest absolute Gasteiger partial charge is 0.0887 e. The average Bonchev–Trinajstić information content (AvgIpc) is 2.87. The second-order valence-electron chi connectivity index (χ2n) is 6.97. The van der Waals surface area contributed by atoms with Gasteiger partial charge in [0.2, 0.25) is 0 Å². The molecule has 32 heavy (non-hydrogen) atoms. The summed E-state index contributed by atoms with van der Waals surface area (Å²) >= 11 is 0. The van der Waals surface area contributed by atoms with Gasteiger partial charge in [-0.1, -0.05) is 12.1 Å². The largest absolute Gasteiger partial charge is 0.255 e. The van der Waals surface area contributed by atoms with Gasteiger partial charge in [0.1, 0.15) is 0 Å². The molecule has 152 valence electrons. The molecule has 0 amide bonds. The van der Waals surface area contributed by atoms with Crippen molar-refractivity contribution < 1.29 is 0 Å². The maximum Gasteiger partial charge on any atom is 0.0887 e. The third-order valence-electron chi connectivity index (χ3n) is 4.72. The van der Waals surface area contributed by atoms with Crippen LogP contribution in [0.5, 0.6) is 0 Å². The van der Waals surface area contributed by atoms with Crippen LogP contribution in [-0.4, -0.2) is 31.4 Å². The summed E-state index contributed by atoms with van der Waals surface area (Å²) in [6.45, 7) is 0. The molecule has 1 aliphatic rings. The normalized spacial score (nSPS) is 12.6. The first-order valence-electron chi connectivity index (χ1n) is 10.1. The van der Waals surface area contributed by atoms with Gasteiger partial charge in [-0.3, -0.25) is 19.9 Å². The van der Waals surface area contributed by atoms with Crippen LogP contribution in [0.4, 0.5) is 11.4 Å². The van der Waals surface area contributed by atoms with Gasteiger partial charge in [-0.15, -0.1) is 0 Å². The molecule has 0 saturated heterocycles. The number of allylic oxidation sites excluding steroid dienone is 4. The quantitative estimate of drug-likeness (QED) is 0.409. The fourth-order valence-corrected chi connectivity index (χ4v) is 3.14. The number of aliphatic imine (C=N–C) groups is 2. The zero-order valence-electron chi connectivity index (χ0n) is 17.1. The van der Waals surface area contributed by atoms with Crippen LogP contribution in [0.3, 0.4) is 0 Å². The van der Waals surface area contributed by atoms with E-state index in [1.165, 1.54) is 0 Å². The Morgan fingerprint density at radius 2 is 0.875 bits per heavy atom. The van der Waals surface area contributed by atoms with Crippen LogP contribution in [-0.2, 0) is 0 Å². The van der Waals surface area contributed by atoms with Crippen LogP contribution < -0.4 is 0 Å². The first-order valence-corrected chi connectivity index (χ1v) is 10.1. The zero-order chi connectivity index (χ0) is 21.6. The Bertz CT molecular complexity index is 1200. The lowest BCUT2D eigenvalue weighted by molar-refractivity contribution is 1.24. The molecule has 0 N–H and O–H groups in total. The third kappa shape index (κ3) is 4.60. The highest BCUT2D eigenvalue weighted by Gasteiger charge is 2.04. The molecule has 0 atom stereocenters. The summed E-state index contributed by atoms with van der Waals surface area (Å²) in [6.07, 6.45) is 14.7. The molecule has 0 spiro atoms. The van der Waals surface area contributed by atoms with Crippen LogP contribution in [0.2, 0.25) is 0 Å². The molecule has 6 nitrogen and oxygen atoms in total. The number of aromatic nitrogens is 4. The minimum absolute atomic E-state index is 0.781. The van der Waals surface area contributed by atoms with Gasteiger partial charge in [-0.2, -0.15) is 0 Å². The fourth-order valence-electron chi connectivity index (χ4n) is 3.14. The maximum atomic E-state index is 4.63. The van der Waals surface area contributed by atoms with Gasteiger partial charge >= 0.3 is 0 Å². The molecule has 0 unspecified atom stereocenters. The van der Waals surface area contributed by atoms with Crippen LogP contribution >= 0.6 is 0 Å². The predicted octanol–water partition coefficient (Wildman–Crippen LogP) is 5.57. The van der Waals surface area contributed by atoms with Crippen LogP contribution in [0.25, 0.3) is 22.8 Å². The second-order valence-corrected chi connectivity index (χ2v) is 6.97. The van der Waals surface area contributed by atoms with Gasteiger partial charge in [0.05, 0.1) is 58.0 Å². The van der Waals surface area contributed by atoms with E-state index in [1.807, 2.05) is 85.0 Å². The highest BCUT2D eigenvalue weighted by molar-refractivity contribution is 6.19. The number of pyridine rings is 4. The molecular formula is C26H18N6. The van der Waals surface area contributed by atoms with Crippen molar-refractivity contribution in [3.05, 3.63) is 110 Å². The van der Waals surface area contributed by atoms with Crippen molar-refractivity contribution in [1.29, 1.82) is 0 Å². The summed E-state index contributed by atoms with van der Waals surface area (Å²) in [5.74, 6) is 0. The monoisotopic (exact) mass is 414 g/mol. The SMILES string of the molecule is C1=CC(=Nc2ccc(-c3ccccn3)nc2)C=CC1=Nc1ccc(-c2ccccn2)nc1. The third-order valence-corrected chi connectivity index (χ3v) is 4.72. The van der Waals surface area contributed by atoms with Crippen molar-refractivity contribution in [3.63, 3.8) is 0 Å². The summed E-state index contributed by atoms with van der Waals surface area (Å²) in [5.41, 5.74) is 6.55. The molecule has 6 heteroatoms. The van der Waals surface area contributed by atoms with Crippen molar-refractivity contribution in [1.82, 2.24) is 19.9 Å². The Morgan fingerprint density at radius 1 is 0.438 bits per heavy atom. The molecule has 4 aromatic rings. The Balaban J connectivity index is 1.27. The van der Waals surface area contributed by atoms with E-state index in [2.05, 4.69) is 29.9 Å².